The Morgan fingerprint density at radius 2 is 2.05 bits per heavy atom. The molecule has 1 aromatic rings. The van der Waals surface area contributed by atoms with E-state index in [1.165, 1.54) is 18.9 Å². The molecule has 3 heteroatoms. The molecule has 1 saturated carbocycles. The van der Waals surface area contributed by atoms with Crippen LogP contribution in [0.1, 0.15) is 32.3 Å². The summed E-state index contributed by atoms with van der Waals surface area (Å²) in [7, 11) is 4.22. The fourth-order valence-corrected chi connectivity index (χ4v) is 3.92. The van der Waals surface area contributed by atoms with Crippen molar-refractivity contribution in [2.75, 3.05) is 20.6 Å². The van der Waals surface area contributed by atoms with Crippen LogP contribution < -0.4 is 5.32 Å². The van der Waals surface area contributed by atoms with Crippen LogP contribution in [0.15, 0.2) is 24.3 Å². The maximum absolute atomic E-state index is 13.3. The molecule has 0 spiro atoms. The van der Waals surface area contributed by atoms with Crippen molar-refractivity contribution in [1.82, 2.24) is 10.2 Å². The lowest BCUT2D eigenvalue weighted by Gasteiger charge is -2.41. The van der Waals surface area contributed by atoms with Gasteiger partial charge in [0.15, 0.2) is 0 Å². The minimum atomic E-state index is -0.145. The SMILES string of the molecule is CNC1CC(C)CC(C)C1CN(C)Cc1cccc(F)c1. The first-order valence-corrected chi connectivity index (χ1v) is 8.09. The molecule has 0 aromatic heterocycles. The molecule has 2 rings (SSSR count). The third kappa shape index (κ3) is 4.52. The Kier molecular flexibility index (Phi) is 5.77. The zero-order chi connectivity index (χ0) is 15.4. The quantitative estimate of drug-likeness (QED) is 0.893. The highest BCUT2D eigenvalue weighted by molar-refractivity contribution is 5.16. The Morgan fingerprint density at radius 1 is 1.29 bits per heavy atom. The molecule has 1 N–H and O–H groups in total. The number of nitrogens with one attached hydrogen (secondary N) is 1. The standard InChI is InChI=1S/C18H29FN2/c1-13-8-14(2)17(18(9-13)20-3)12-21(4)11-15-6-5-7-16(19)10-15/h5-7,10,13-14,17-18,20H,8-9,11-12H2,1-4H3. The van der Waals surface area contributed by atoms with Crippen molar-refractivity contribution >= 4 is 0 Å². The van der Waals surface area contributed by atoms with Crippen molar-refractivity contribution in [3.8, 4) is 0 Å². The number of benzene rings is 1. The summed E-state index contributed by atoms with van der Waals surface area (Å²) < 4.78 is 13.3. The van der Waals surface area contributed by atoms with Crippen molar-refractivity contribution in [2.24, 2.45) is 17.8 Å². The fourth-order valence-electron chi connectivity index (χ4n) is 3.92. The summed E-state index contributed by atoms with van der Waals surface area (Å²) in [4.78, 5) is 2.33. The monoisotopic (exact) mass is 292 g/mol. The van der Waals surface area contributed by atoms with Gasteiger partial charge >= 0.3 is 0 Å². The van der Waals surface area contributed by atoms with Gasteiger partial charge in [0, 0.05) is 19.1 Å². The molecule has 1 fully saturated rings. The molecule has 0 bridgehead atoms. The molecule has 0 saturated heterocycles. The highest BCUT2D eigenvalue weighted by Crippen LogP contribution is 2.34. The average molecular weight is 292 g/mol. The zero-order valence-corrected chi connectivity index (χ0v) is 13.8. The van der Waals surface area contributed by atoms with E-state index in [4.69, 9.17) is 0 Å². The number of hydrogen-bond donors (Lipinski definition) is 1. The van der Waals surface area contributed by atoms with Gasteiger partial charge in [-0.2, -0.15) is 0 Å². The summed E-state index contributed by atoms with van der Waals surface area (Å²) in [5, 5.41) is 3.51. The molecule has 118 valence electrons. The van der Waals surface area contributed by atoms with Crippen LogP contribution >= 0.6 is 0 Å². The van der Waals surface area contributed by atoms with Gasteiger partial charge in [-0.1, -0.05) is 26.0 Å². The third-order valence-corrected chi connectivity index (χ3v) is 4.91. The van der Waals surface area contributed by atoms with Gasteiger partial charge in [0.05, 0.1) is 0 Å². The first-order chi connectivity index (χ1) is 9.99. The van der Waals surface area contributed by atoms with Gasteiger partial charge in [-0.3, -0.25) is 0 Å². The lowest BCUT2D eigenvalue weighted by atomic mass is 9.72. The van der Waals surface area contributed by atoms with Gasteiger partial charge in [0.25, 0.3) is 0 Å². The van der Waals surface area contributed by atoms with E-state index in [0.717, 1.165) is 30.5 Å². The van der Waals surface area contributed by atoms with Crippen molar-refractivity contribution < 1.29 is 4.39 Å². The van der Waals surface area contributed by atoms with E-state index in [1.807, 2.05) is 6.07 Å². The molecule has 0 amide bonds. The molecule has 4 unspecified atom stereocenters. The largest absolute Gasteiger partial charge is 0.317 e. The van der Waals surface area contributed by atoms with E-state index in [1.54, 1.807) is 12.1 Å². The molecule has 0 aliphatic heterocycles. The molecular weight excluding hydrogens is 263 g/mol. The van der Waals surface area contributed by atoms with E-state index in [-0.39, 0.29) is 5.82 Å². The Morgan fingerprint density at radius 3 is 2.71 bits per heavy atom. The smallest absolute Gasteiger partial charge is 0.123 e. The molecule has 0 heterocycles. The van der Waals surface area contributed by atoms with Gasteiger partial charge in [-0.15, -0.1) is 0 Å². The molecule has 0 radical (unpaired) electrons. The minimum Gasteiger partial charge on any atom is -0.317 e. The van der Waals surface area contributed by atoms with Crippen LogP contribution in [0.25, 0.3) is 0 Å². The van der Waals surface area contributed by atoms with Crippen LogP contribution in [0, 0.1) is 23.6 Å². The third-order valence-electron chi connectivity index (χ3n) is 4.91. The number of nitrogens with zero attached hydrogens (tertiary/aromatic N) is 1. The Bertz CT molecular complexity index is 449. The second kappa shape index (κ2) is 7.37. The zero-order valence-electron chi connectivity index (χ0n) is 13.8. The molecule has 4 atom stereocenters. The number of rotatable bonds is 5. The molecule has 1 aromatic carbocycles. The van der Waals surface area contributed by atoms with E-state index in [2.05, 4.69) is 38.2 Å². The van der Waals surface area contributed by atoms with Crippen LogP contribution in [0.2, 0.25) is 0 Å². The molecular formula is C18H29FN2. The average Bonchev–Trinajstić information content (AvgIpc) is 2.41. The van der Waals surface area contributed by atoms with Crippen LogP contribution in [0.5, 0.6) is 0 Å². The van der Waals surface area contributed by atoms with Gasteiger partial charge in [-0.25, -0.2) is 4.39 Å². The van der Waals surface area contributed by atoms with Crippen LogP contribution in [0.4, 0.5) is 4.39 Å². The first kappa shape index (κ1) is 16.4. The Hall–Kier alpha value is -0.930. The first-order valence-electron chi connectivity index (χ1n) is 8.09. The Balaban J connectivity index is 1.95. The van der Waals surface area contributed by atoms with Crippen molar-refractivity contribution in [1.29, 1.82) is 0 Å². The van der Waals surface area contributed by atoms with Gasteiger partial charge in [0.1, 0.15) is 5.82 Å². The molecule has 2 nitrogen and oxygen atoms in total. The molecule has 1 aliphatic carbocycles. The summed E-state index contributed by atoms with van der Waals surface area (Å²) in [5.41, 5.74) is 1.05. The summed E-state index contributed by atoms with van der Waals surface area (Å²) in [6.45, 7) is 6.61. The second-order valence-corrected chi connectivity index (χ2v) is 6.94. The maximum atomic E-state index is 13.3. The van der Waals surface area contributed by atoms with E-state index >= 15 is 0 Å². The summed E-state index contributed by atoms with van der Waals surface area (Å²) in [5.74, 6) is 2.07. The van der Waals surface area contributed by atoms with Gasteiger partial charge < -0.3 is 10.2 Å². The predicted octanol–water partition coefficient (Wildman–Crippen LogP) is 3.53. The highest BCUT2D eigenvalue weighted by atomic mass is 19.1. The maximum Gasteiger partial charge on any atom is 0.123 e. The summed E-state index contributed by atoms with van der Waals surface area (Å²) in [6.07, 6.45) is 2.58. The van der Waals surface area contributed by atoms with Crippen molar-refractivity contribution in [2.45, 2.75) is 39.3 Å². The second-order valence-electron chi connectivity index (χ2n) is 6.94. The normalized spacial score (nSPS) is 29.8. The number of halogens is 1. The highest BCUT2D eigenvalue weighted by Gasteiger charge is 2.33. The van der Waals surface area contributed by atoms with Crippen LogP contribution in [-0.2, 0) is 6.54 Å². The minimum absolute atomic E-state index is 0.145. The van der Waals surface area contributed by atoms with E-state index in [0.29, 0.717) is 12.0 Å². The van der Waals surface area contributed by atoms with Crippen molar-refractivity contribution in [3.05, 3.63) is 35.6 Å². The summed E-state index contributed by atoms with van der Waals surface area (Å²) >= 11 is 0. The summed E-state index contributed by atoms with van der Waals surface area (Å²) in [6, 6.07) is 7.53. The van der Waals surface area contributed by atoms with Crippen LogP contribution in [0.3, 0.4) is 0 Å². The van der Waals surface area contributed by atoms with Gasteiger partial charge in [-0.05, 0) is 62.4 Å². The lowest BCUT2D eigenvalue weighted by Crippen LogP contribution is -2.47. The lowest BCUT2D eigenvalue weighted by molar-refractivity contribution is 0.113. The van der Waals surface area contributed by atoms with Crippen LogP contribution in [-0.4, -0.2) is 31.6 Å². The molecule has 21 heavy (non-hydrogen) atoms. The van der Waals surface area contributed by atoms with E-state index < -0.39 is 0 Å². The number of hydrogen-bond acceptors (Lipinski definition) is 2. The van der Waals surface area contributed by atoms with Crippen molar-refractivity contribution in [3.63, 3.8) is 0 Å². The molecule has 1 aliphatic rings. The van der Waals surface area contributed by atoms with Gasteiger partial charge in [0.2, 0.25) is 0 Å². The predicted molar refractivity (Wildman–Crippen MR) is 86.6 cm³/mol. The topological polar surface area (TPSA) is 15.3 Å². The van der Waals surface area contributed by atoms with E-state index in [9.17, 15) is 4.39 Å². The Labute approximate surface area is 128 Å². The fraction of sp³-hybridized carbons (Fsp3) is 0.667.